The van der Waals surface area contributed by atoms with Crippen LogP contribution in [0.1, 0.15) is 18.4 Å². The average molecular weight is 279 g/mol. The first-order valence-corrected chi connectivity index (χ1v) is 7.05. The molecule has 0 atom stereocenters. The largest absolute Gasteiger partial charge is 0.445 e. The first-order chi connectivity index (χ1) is 9.72. The molecule has 1 aromatic rings. The molecule has 0 spiro atoms. The standard InChI is InChI=1S/C15H25N3O2/c1-18(11-5-9-16)12-6-10-17-15(19)20-13-14-7-3-2-4-8-14/h2-4,7-8H,5-6,9-13,16H2,1H3,(H,17,19). The number of benzene rings is 1. The van der Waals surface area contributed by atoms with Gasteiger partial charge in [0.15, 0.2) is 0 Å². The van der Waals surface area contributed by atoms with Crippen LogP contribution in [0.2, 0.25) is 0 Å². The summed E-state index contributed by atoms with van der Waals surface area (Å²) in [6, 6.07) is 9.64. The van der Waals surface area contributed by atoms with E-state index in [4.69, 9.17) is 10.5 Å². The molecule has 0 bridgehead atoms. The Morgan fingerprint density at radius 3 is 2.65 bits per heavy atom. The highest BCUT2D eigenvalue weighted by molar-refractivity contribution is 5.67. The number of alkyl carbamates (subject to hydrolysis) is 1. The van der Waals surface area contributed by atoms with E-state index < -0.39 is 0 Å². The van der Waals surface area contributed by atoms with Gasteiger partial charge in [0, 0.05) is 6.54 Å². The fourth-order valence-electron chi connectivity index (χ4n) is 1.79. The van der Waals surface area contributed by atoms with Crippen LogP contribution in [0.3, 0.4) is 0 Å². The maximum Gasteiger partial charge on any atom is 0.407 e. The average Bonchev–Trinajstić information content (AvgIpc) is 2.48. The lowest BCUT2D eigenvalue weighted by molar-refractivity contribution is 0.139. The molecule has 112 valence electrons. The van der Waals surface area contributed by atoms with Gasteiger partial charge in [0.25, 0.3) is 0 Å². The van der Waals surface area contributed by atoms with Crippen LogP contribution in [-0.2, 0) is 11.3 Å². The minimum absolute atomic E-state index is 0.309. The van der Waals surface area contributed by atoms with Crippen molar-refractivity contribution in [1.29, 1.82) is 0 Å². The van der Waals surface area contributed by atoms with Crippen LogP contribution < -0.4 is 11.1 Å². The fraction of sp³-hybridized carbons (Fsp3) is 0.533. The number of carbonyl (C=O) groups is 1. The first-order valence-electron chi connectivity index (χ1n) is 7.05. The van der Waals surface area contributed by atoms with Crippen LogP contribution in [0.4, 0.5) is 4.79 Å². The van der Waals surface area contributed by atoms with E-state index in [1.165, 1.54) is 0 Å². The second kappa shape index (κ2) is 10.2. The van der Waals surface area contributed by atoms with E-state index in [0.717, 1.165) is 31.5 Å². The Bertz CT molecular complexity index is 371. The quantitative estimate of drug-likeness (QED) is 0.674. The molecule has 0 aliphatic heterocycles. The monoisotopic (exact) mass is 279 g/mol. The zero-order valence-electron chi connectivity index (χ0n) is 12.2. The molecule has 0 radical (unpaired) electrons. The minimum Gasteiger partial charge on any atom is -0.445 e. The molecule has 3 N–H and O–H groups in total. The highest BCUT2D eigenvalue weighted by Crippen LogP contribution is 2.00. The molecular formula is C15H25N3O2. The molecule has 0 fully saturated rings. The van der Waals surface area contributed by atoms with Crippen molar-refractivity contribution < 1.29 is 9.53 Å². The van der Waals surface area contributed by atoms with Crippen LogP contribution in [-0.4, -0.2) is 44.2 Å². The van der Waals surface area contributed by atoms with Crippen molar-refractivity contribution in [2.24, 2.45) is 5.73 Å². The molecular weight excluding hydrogens is 254 g/mol. The number of amides is 1. The topological polar surface area (TPSA) is 67.6 Å². The normalized spacial score (nSPS) is 10.6. The number of hydrogen-bond acceptors (Lipinski definition) is 4. The molecule has 0 aliphatic rings. The van der Waals surface area contributed by atoms with Crippen molar-refractivity contribution in [1.82, 2.24) is 10.2 Å². The van der Waals surface area contributed by atoms with Crippen LogP contribution in [0.15, 0.2) is 30.3 Å². The van der Waals surface area contributed by atoms with Crippen molar-refractivity contribution in [2.75, 3.05) is 33.2 Å². The lowest BCUT2D eigenvalue weighted by Crippen LogP contribution is -2.29. The Morgan fingerprint density at radius 1 is 1.25 bits per heavy atom. The molecule has 0 unspecified atom stereocenters. The summed E-state index contributed by atoms with van der Waals surface area (Å²) in [5, 5.41) is 2.75. The summed E-state index contributed by atoms with van der Waals surface area (Å²) in [4.78, 5) is 13.7. The molecule has 0 aliphatic carbocycles. The van der Waals surface area contributed by atoms with Gasteiger partial charge in [-0.15, -0.1) is 0 Å². The Labute approximate surface area is 121 Å². The Morgan fingerprint density at radius 2 is 1.95 bits per heavy atom. The maximum absolute atomic E-state index is 11.5. The third-order valence-corrected chi connectivity index (χ3v) is 2.94. The number of hydrogen-bond donors (Lipinski definition) is 2. The van der Waals surface area contributed by atoms with E-state index in [1.54, 1.807) is 0 Å². The summed E-state index contributed by atoms with van der Waals surface area (Å²) in [5.41, 5.74) is 6.44. The SMILES string of the molecule is CN(CCCN)CCCNC(=O)OCc1ccccc1. The molecule has 1 amide bonds. The summed E-state index contributed by atoms with van der Waals surface area (Å²) in [5.74, 6) is 0. The Kier molecular flexibility index (Phi) is 8.42. The lowest BCUT2D eigenvalue weighted by atomic mass is 10.2. The van der Waals surface area contributed by atoms with Crippen molar-refractivity contribution in [3.8, 4) is 0 Å². The molecule has 20 heavy (non-hydrogen) atoms. The molecule has 0 saturated heterocycles. The third kappa shape index (κ3) is 7.76. The summed E-state index contributed by atoms with van der Waals surface area (Å²) in [6.07, 6.45) is 1.54. The first kappa shape index (κ1) is 16.5. The molecule has 5 heteroatoms. The van der Waals surface area contributed by atoms with Gasteiger partial charge >= 0.3 is 6.09 Å². The van der Waals surface area contributed by atoms with Crippen molar-refractivity contribution in [3.63, 3.8) is 0 Å². The van der Waals surface area contributed by atoms with E-state index in [-0.39, 0.29) is 6.09 Å². The van der Waals surface area contributed by atoms with Gasteiger partial charge < -0.3 is 20.7 Å². The zero-order chi connectivity index (χ0) is 14.6. The molecule has 0 saturated carbocycles. The summed E-state index contributed by atoms with van der Waals surface area (Å²) >= 11 is 0. The van der Waals surface area contributed by atoms with Gasteiger partial charge in [-0.25, -0.2) is 4.79 Å². The molecule has 1 aromatic carbocycles. The highest BCUT2D eigenvalue weighted by Gasteiger charge is 2.02. The van der Waals surface area contributed by atoms with E-state index in [1.807, 2.05) is 30.3 Å². The summed E-state index contributed by atoms with van der Waals surface area (Å²) in [6.45, 7) is 3.59. The molecule has 0 aromatic heterocycles. The van der Waals surface area contributed by atoms with E-state index >= 15 is 0 Å². The second-order valence-electron chi connectivity index (χ2n) is 4.79. The van der Waals surface area contributed by atoms with Crippen molar-refractivity contribution in [3.05, 3.63) is 35.9 Å². The van der Waals surface area contributed by atoms with Crippen molar-refractivity contribution >= 4 is 6.09 Å². The Balaban J connectivity index is 2.03. The Hall–Kier alpha value is -1.59. The van der Waals surface area contributed by atoms with Gasteiger partial charge in [-0.1, -0.05) is 30.3 Å². The van der Waals surface area contributed by atoms with Gasteiger partial charge in [-0.2, -0.15) is 0 Å². The van der Waals surface area contributed by atoms with Gasteiger partial charge in [0.05, 0.1) is 0 Å². The smallest absolute Gasteiger partial charge is 0.407 e. The van der Waals surface area contributed by atoms with Crippen LogP contribution in [0, 0.1) is 0 Å². The second-order valence-corrected chi connectivity index (χ2v) is 4.79. The number of nitrogens with zero attached hydrogens (tertiary/aromatic N) is 1. The molecule has 0 heterocycles. The lowest BCUT2D eigenvalue weighted by Gasteiger charge is -2.15. The number of ether oxygens (including phenoxy) is 1. The van der Waals surface area contributed by atoms with Crippen molar-refractivity contribution in [2.45, 2.75) is 19.4 Å². The van der Waals surface area contributed by atoms with Gasteiger partial charge in [-0.3, -0.25) is 0 Å². The number of rotatable bonds is 9. The highest BCUT2D eigenvalue weighted by atomic mass is 16.5. The van der Waals surface area contributed by atoms with E-state index in [9.17, 15) is 4.79 Å². The number of nitrogens with two attached hydrogens (primary N) is 1. The molecule has 5 nitrogen and oxygen atoms in total. The van der Waals surface area contributed by atoms with E-state index in [2.05, 4.69) is 17.3 Å². The van der Waals surface area contributed by atoms with Crippen LogP contribution >= 0.6 is 0 Å². The van der Waals surface area contributed by atoms with Crippen LogP contribution in [0.5, 0.6) is 0 Å². The zero-order valence-corrected chi connectivity index (χ0v) is 12.2. The fourth-order valence-corrected chi connectivity index (χ4v) is 1.79. The maximum atomic E-state index is 11.5. The third-order valence-electron chi connectivity index (χ3n) is 2.94. The van der Waals surface area contributed by atoms with Gasteiger partial charge in [0.2, 0.25) is 0 Å². The predicted octanol–water partition coefficient (Wildman–Crippen LogP) is 1.58. The van der Waals surface area contributed by atoms with Gasteiger partial charge in [0.1, 0.15) is 6.61 Å². The summed E-state index contributed by atoms with van der Waals surface area (Å²) < 4.78 is 5.12. The van der Waals surface area contributed by atoms with E-state index in [0.29, 0.717) is 19.7 Å². The minimum atomic E-state index is -0.363. The van der Waals surface area contributed by atoms with Crippen LogP contribution in [0.25, 0.3) is 0 Å². The molecule has 1 rings (SSSR count). The number of nitrogens with one attached hydrogen (secondary N) is 1. The summed E-state index contributed by atoms with van der Waals surface area (Å²) in [7, 11) is 2.06. The number of carbonyl (C=O) groups excluding carboxylic acids is 1. The predicted molar refractivity (Wildman–Crippen MR) is 80.4 cm³/mol. The van der Waals surface area contributed by atoms with Gasteiger partial charge in [-0.05, 0) is 45.1 Å².